The van der Waals surface area contributed by atoms with E-state index in [-0.39, 0.29) is 5.91 Å². The molecule has 1 aromatic rings. The van der Waals surface area contributed by atoms with Gasteiger partial charge in [0.25, 0.3) is 0 Å². The van der Waals surface area contributed by atoms with Gasteiger partial charge in [-0.15, -0.1) is 10.2 Å². The van der Waals surface area contributed by atoms with E-state index in [1.165, 1.54) is 12.8 Å². The van der Waals surface area contributed by atoms with Crippen molar-refractivity contribution < 1.29 is 4.79 Å². The predicted octanol–water partition coefficient (Wildman–Crippen LogP) is 2.37. The lowest BCUT2D eigenvalue weighted by Gasteiger charge is -2.32. The molecule has 0 saturated carbocycles. The zero-order chi connectivity index (χ0) is 17.7. The van der Waals surface area contributed by atoms with Gasteiger partial charge in [0, 0.05) is 19.6 Å². The van der Waals surface area contributed by atoms with Crippen molar-refractivity contribution in [3.63, 3.8) is 0 Å². The van der Waals surface area contributed by atoms with Gasteiger partial charge in [0.2, 0.25) is 5.91 Å². The smallest absolute Gasteiger partial charge is 0.236 e. The fraction of sp³-hybridized carbons (Fsp3) is 0.833. The Morgan fingerprint density at radius 3 is 2.67 bits per heavy atom. The molecule has 0 aliphatic carbocycles. The maximum absolute atomic E-state index is 12.9. The SMILES string of the molecule is Cc1nnc(CN(C)CC(=O)N2CCCCC[C@H]2CC(C)C)n1C. The fourth-order valence-corrected chi connectivity index (χ4v) is 3.50. The van der Waals surface area contributed by atoms with E-state index in [4.69, 9.17) is 0 Å². The second kappa shape index (κ2) is 8.60. The Labute approximate surface area is 146 Å². The van der Waals surface area contributed by atoms with Crippen molar-refractivity contribution in [2.45, 2.75) is 65.5 Å². The summed E-state index contributed by atoms with van der Waals surface area (Å²) in [5.41, 5.74) is 0. The molecule has 0 spiro atoms. The number of amides is 1. The van der Waals surface area contributed by atoms with Crippen molar-refractivity contribution in [1.82, 2.24) is 24.6 Å². The third kappa shape index (κ3) is 5.03. The van der Waals surface area contributed by atoms with Crippen molar-refractivity contribution in [2.24, 2.45) is 13.0 Å². The van der Waals surface area contributed by atoms with E-state index in [1.54, 1.807) is 0 Å². The number of aromatic nitrogens is 3. The predicted molar refractivity (Wildman–Crippen MR) is 95.5 cm³/mol. The van der Waals surface area contributed by atoms with Crippen molar-refractivity contribution in [3.05, 3.63) is 11.6 Å². The summed E-state index contributed by atoms with van der Waals surface area (Å²) in [5, 5.41) is 8.28. The monoisotopic (exact) mass is 335 g/mol. The molecule has 2 heterocycles. The number of aryl methyl sites for hydroxylation is 1. The number of hydrogen-bond donors (Lipinski definition) is 0. The van der Waals surface area contributed by atoms with Gasteiger partial charge in [0.05, 0.1) is 13.1 Å². The van der Waals surface area contributed by atoms with Crippen LogP contribution < -0.4 is 0 Å². The van der Waals surface area contributed by atoms with E-state index in [9.17, 15) is 4.79 Å². The average Bonchev–Trinajstić information content (AvgIpc) is 2.72. The maximum atomic E-state index is 12.9. The third-order valence-corrected chi connectivity index (χ3v) is 4.94. The normalized spacial score (nSPS) is 19.1. The summed E-state index contributed by atoms with van der Waals surface area (Å²) in [5.74, 6) is 2.68. The van der Waals surface area contributed by atoms with Crippen molar-refractivity contribution in [1.29, 1.82) is 0 Å². The van der Waals surface area contributed by atoms with Gasteiger partial charge in [-0.05, 0) is 39.2 Å². The van der Waals surface area contributed by atoms with E-state index < -0.39 is 0 Å². The van der Waals surface area contributed by atoms with Crippen LogP contribution in [0.15, 0.2) is 0 Å². The van der Waals surface area contributed by atoms with E-state index >= 15 is 0 Å². The molecule has 0 bridgehead atoms. The van der Waals surface area contributed by atoms with Crippen LogP contribution in [0.1, 0.15) is 57.6 Å². The van der Waals surface area contributed by atoms with Crippen LogP contribution in [0, 0.1) is 12.8 Å². The lowest BCUT2D eigenvalue weighted by molar-refractivity contribution is -0.134. The minimum Gasteiger partial charge on any atom is -0.339 e. The van der Waals surface area contributed by atoms with Gasteiger partial charge in [-0.25, -0.2) is 0 Å². The second-order valence-corrected chi connectivity index (χ2v) is 7.61. The molecule has 1 saturated heterocycles. The third-order valence-electron chi connectivity index (χ3n) is 4.94. The molecule has 6 heteroatoms. The second-order valence-electron chi connectivity index (χ2n) is 7.61. The summed E-state index contributed by atoms with van der Waals surface area (Å²) in [6, 6.07) is 0.408. The first-order valence-corrected chi connectivity index (χ1v) is 9.21. The Morgan fingerprint density at radius 1 is 1.29 bits per heavy atom. The maximum Gasteiger partial charge on any atom is 0.236 e. The Hall–Kier alpha value is -1.43. The molecule has 6 nitrogen and oxygen atoms in total. The van der Waals surface area contributed by atoms with Crippen LogP contribution in [-0.2, 0) is 18.4 Å². The van der Waals surface area contributed by atoms with Crippen LogP contribution in [0.3, 0.4) is 0 Å². The van der Waals surface area contributed by atoms with Crippen LogP contribution in [-0.4, -0.2) is 56.7 Å². The molecule has 24 heavy (non-hydrogen) atoms. The van der Waals surface area contributed by atoms with Crippen molar-refractivity contribution in [3.8, 4) is 0 Å². The molecular formula is C18H33N5O. The molecule has 1 aliphatic heterocycles. The van der Waals surface area contributed by atoms with Gasteiger partial charge in [0.1, 0.15) is 11.6 Å². The number of likely N-dealkylation sites (tertiary alicyclic amines) is 1. The summed E-state index contributed by atoms with van der Waals surface area (Å²) in [6.07, 6.45) is 5.88. The van der Waals surface area contributed by atoms with Gasteiger partial charge in [-0.1, -0.05) is 26.7 Å². The molecule has 0 unspecified atom stereocenters. The molecule has 1 aromatic heterocycles. The van der Waals surface area contributed by atoms with Gasteiger partial charge in [-0.2, -0.15) is 0 Å². The van der Waals surface area contributed by atoms with Crippen LogP contribution >= 0.6 is 0 Å². The molecule has 0 N–H and O–H groups in total. The summed E-state index contributed by atoms with van der Waals surface area (Å²) >= 11 is 0. The average molecular weight is 335 g/mol. The van der Waals surface area contributed by atoms with Crippen LogP contribution in [0.5, 0.6) is 0 Å². The quantitative estimate of drug-likeness (QED) is 0.801. The minimum absolute atomic E-state index is 0.254. The van der Waals surface area contributed by atoms with Crippen molar-refractivity contribution in [2.75, 3.05) is 20.1 Å². The lowest BCUT2D eigenvalue weighted by atomic mass is 9.98. The molecule has 1 fully saturated rings. The van der Waals surface area contributed by atoms with Gasteiger partial charge < -0.3 is 9.47 Å². The number of hydrogen-bond acceptors (Lipinski definition) is 4. The first kappa shape index (κ1) is 18.9. The summed E-state index contributed by atoms with van der Waals surface area (Å²) in [7, 11) is 3.95. The zero-order valence-corrected chi connectivity index (χ0v) is 16.0. The Balaban J connectivity index is 1.96. The number of rotatable bonds is 6. The first-order chi connectivity index (χ1) is 11.4. The van der Waals surface area contributed by atoms with E-state index in [0.717, 1.165) is 37.5 Å². The molecule has 136 valence electrons. The van der Waals surface area contributed by atoms with E-state index in [2.05, 4.69) is 28.9 Å². The highest BCUT2D eigenvalue weighted by atomic mass is 16.2. The Kier molecular flexibility index (Phi) is 6.78. The number of carbonyl (C=O) groups excluding carboxylic acids is 1. The largest absolute Gasteiger partial charge is 0.339 e. The van der Waals surface area contributed by atoms with Crippen LogP contribution in [0.2, 0.25) is 0 Å². The fourth-order valence-electron chi connectivity index (χ4n) is 3.50. The zero-order valence-electron chi connectivity index (χ0n) is 16.0. The van der Waals surface area contributed by atoms with E-state index in [1.807, 2.05) is 30.5 Å². The van der Waals surface area contributed by atoms with Gasteiger partial charge in [0.15, 0.2) is 0 Å². The highest BCUT2D eigenvalue weighted by Gasteiger charge is 2.26. The standard InChI is InChI=1S/C18H33N5O/c1-14(2)11-16-9-7-6-8-10-23(16)18(24)13-21(4)12-17-20-19-15(3)22(17)5/h14,16H,6-13H2,1-5H3/t16-/m0/s1. The highest BCUT2D eigenvalue weighted by Crippen LogP contribution is 2.22. The summed E-state index contributed by atoms with van der Waals surface area (Å²) in [6.45, 7) is 8.43. The number of carbonyl (C=O) groups is 1. The van der Waals surface area contributed by atoms with Crippen LogP contribution in [0.4, 0.5) is 0 Å². The molecular weight excluding hydrogens is 302 g/mol. The lowest BCUT2D eigenvalue weighted by Crippen LogP contribution is -2.45. The molecule has 2 rings (SSSR count). The Morgan fingerprint density at radius 2 is 2.04 bits per heavy atom. The molecule has 0 radical (unpaired) electrons. The van der Waals surface area contributed by atoms with Crippen molar-refractivity contribution >= 4 is 5.91 Å². The molecule has 0 aromatic carbocycles. The Bertz CT molecular complexity index is 540. The molecule has 1 aliphatic rings. The molecule has 1 amide bonds. The van der Waals surface area contributed by atoms with Gasteiger partial charge in [-0.3, -0.25) is 9.69 Å². The van der Waals surface area contributed by atoms with E-state index in [0.29, 0.717) is 25.0 Å². The number of nitrogens with zero attached hydrogens (tertiary/aromatic N) is 5. The topological polar surface area (TPSA) is 54.3 Å². The minimum atomic E-state index is 0.254. The van der Waals surface area contributed by atoms with Gasteiger partial charge >= 0.3 is 0 Å². The first-order valence-electron chi connectivity index (χ1n) is 9.21. The highest BCUT2D eigenvalue weighted by molar-refractivity contribution is 5.78. The summed E-state index contributed by atoms with van der Waals surface area (Å²) in [4.78, 5) is 17.1. The molecule has 1 atom stereocenters. The summed E-state index contributed by atoms with van der Waals surface area (Å²) < 4.78 is 1.98. The number of likely N-dealkylation sites (N-methyl/N-ethyl adjacent to an activating group) is 1. The van der Waals surface area contributed by atoms with Crippen LogP contribution in [0.25, 0.3) is 0 Å².